The van der Waals surface area contributed by atoms with Crippen molar-refractivity contribution in [1.29, 1.82) is 0 Å². The zero-order chi connectivity index (χ0) is 18.1. The Morgan fingerprint density at radius 2 is 1.70 bits per heavy atom. The summed E-state index contributed by atoms with van der Waals surface area (Å²) in [7, 11) is 0. The highest BCUT2D eigenvalue weighted by molar-refractivity contribution is 7.13. The quantitative estimate of drug-likeness (QED) is 0.413. The second kappa shape index (κ2) is 6.70. The number of nitrogens with zero attached hydrogens (tertiary/aromatic N) is 2. The first-order chi connectivity index (χ1) is 13.3. The Morgan fingerprint density at radius 3 is 2.56 bits per heavy atom. The fraction of sp³-hybridized carbons (Fsp3) is 0. The zero-order valence-electron chi connectivity index (χ0n) is 14.3. The molecule has 0 aliphatic rings. The van der Waals surface area contributed by atoms with Crippen LogP contribution in [-0.4, -0.2) is 15.0 Å². The van der Waals surface area contributed by atoms with E-state index in [9.17, 15) is 0 Å². The van der Waals surface area contributed by atoms with Crippen LogP contribution in [0.2, 0.25) is 0 Å². The van der Waals surface area contributed by atoms with Crippen LogP contribution < -0.4 is 4.74 Å². The van der Waals surface area contributed by atoms with Gasteiger partial charge in [-0.15, -0.1) is 11.3 Å². The van der Waals surface area contributed by atoms with Crippen LogP contribution in [0, 0.1) is 0 Å². The molecule has 4 nitrogen and oxygen atoms in total. The normalized spacial score (nSPS) is 11.0. The number of imidazole rings is 1. The minimum Gasteiger partial charge on any atom is -0.457 e. The predicted molar refractivity (Wildman–Crippen MR) is 109 cm³/mol. The van der Waals surface area contributed by atoms with E-state index in [2.05, 4.69) is 32.5 Å². The van der Waals surface area contributed by atoms with E-state index >= 15 is 0 Å². The lowest BCUT2D eigenvalue weighted by atomic mass is 10.2. The lowest BCUT2D eigenvalue weighted by molar-refractivity contribution is 0.483. The number of nitrogens with one attached hydrogen (secondary N) is 1. The smallest absolute Gasteiger partial charge is 0.178 e. The highest BCUT2D eigenvalue weighted by Crippen LogP contribution is 2.29. The van der Waals surface area contributed by atoms with Crippen molar-refractivity contribution in [3.05, 3.63) is 84.4 Å². The number of benzene rings is 2. The molecule has 0 amide bonds. The first kappa shape index (κ1) is 15.8. The molecule has 0 saturated carbocycles. The van der Waals surface area contributed by atoms with Gasteiger partial charge in [0.2, 0.25) is 0 Å². The lowest BCUT2D eigenvalue weighted by Crippen LogP contribution is -1.85. The van der Waals surface area contributed by atoms with Gasteiger partial charge in [-0.3, -0.25) is 0 Å². The van der Waals surface area contributed by atoms with Crippen molar-refractivity contribution >= 4 is 22.5 Å². The van der Waals surface area contributed by atoms with Gasteiger partial charge < -0.3 is 9.72 Å². The van der Waals surface area contributed by atoms with E-state index in [1.807, 2.05) is 66.9 Å². The number of hydrogen-bond acceptors (Lipinski definition) is 4. The zero-order valence-corrected chi connectivity index (χ0v) is 15.1. The van der Waals surface area contributed by atoms with Crippen LogP contribution in [0.5, 0.6) is 11.5 Å². The Kier molecular flexibility index (Phi) is 3.92. The Balaban J connectivity index is 1.49. The summed E-state index contributed by atoms with van der Waals surface area (Å²) >= 11 is 1.70. The summed E-state index contributed by atoms with van der Waals surface area (Å²) in [6.45, 7) is 0. The highest BCUT2D eigenvalue weighted by atomic mass is 32.1. The van der Waals surface area contributed by atoms with E-state index in [0.717, 1.165) is 34.0 Å². The maximum absolute atomic E-state index is 5.93. The molecule has 3 heterocycles. The van der Waals surface area contributed by atoms with Crippen molar-refractivity contribution in [2.45, 2.75) is 0 Å². The topological polar surface area (TPSA) is 50.8 Å². The number of fused-ring (bicyclic) bond motifs is 1. The second-order valence-electron chi connectivity index (χ2n) is 6.10. The van der Waals surface area contributed by atoms with Gasteiger partial charge in [0.05, 0.1) is 5.52 Å². The van der Waals surface area contributed by atoms with Gasteiger partial charge in [-0.05, 0) is 41.8 Å². The summed E-state index contributed by atoms with van der Waals surface area (Å²) in [5, 5.41) is 2.07. The number of rotatable bonds is 4. The third-order valence-electron chi connectivity index (χ3n) is 4.23. The summed E-state index contributed by atoms with van der Waals surface area (Å²) < 4.78 is 5.93. The molecule has 1 N–H and O–H groups in total. The molecule has 130 valence electrons. The van der Waals surface area contributed by atoms with E-state index in [4.69, 9.17) is 4.74 Å². The van der Waals surface area contributed by atoms with Crippen molar-refractivity contribution in [1.82, 2.24) is 15.0 Å². The molecule has 3 aromatic heterocycles. The number of thiophene rings is 1. The van der Waals surface area contributed by atoms with Gasteiger partial charge in [0.25, 0.3) is 0 Å². The van der Waals surface area contributed by atoms with Crippen molar-refractivity contribution in [3.63, 3.8) is 0 Å². The Bertz CT molecular complexity index is 1200. The van der Waals surface area contributed by atoms with Crippen molar-refractivity contribution in [3.8, 4) is 33.3 Å². The molecule has 27 heavy (non-hydrogen) atoms. The molecular weight excluding hydrogens is 354 g/mol. The Labute approximate surface area is 160 Å². The molecule has 0 atom stereocenters. The van der Waals surface area contributed by atoms with E-state index in [-0.39, 0.29) is 0 Å². The number of pyridine rings is 1. The first-order valence-corrected chi connectivity index (χ1v) is 9.46. The summed E-state index contributed by atoms with van der Waals surface area (Å²) in [6, 6.07) is 23.9. The molecule has 0 aliphatic carbocycles. The fourth-order valence-electron chi connectivity index (χ4n) is 2.95. The average Bonchev–Trinajstić information content (AvgIpc) is 3.38. The Hall–Kier alpha value is -3.44. The van der Waals surface area contributed by atoms with Crippen LogP contribution >= 0.6 is 11.3 Å². The van der Waals surface area contributed by atoms with Crippen LogP contribution in [0.3, 0.4) is 0 Å². The first-order valence-electron chi connectivity index (χ1n) is 8.58. The maximum Gasteiger partial charge on any atom is 0.178 e. The number of para-hydroxylation sites is 1. The van der Waals surface area contributed by atoms with Crippen molar-refractivity contribution in [2.24, 2.45) is 0 Å². The third kappa shape index (κ3) is 3.20. The molecule has 0 unspecified atom stereocenters. The molecule has 0 saturated heterocycles. The molecule has 5 rings (SSSR count). The minimum absolute atomic E-state index is 0.708. The summed E-state index contributed by atoms with van der Waals surface area (Å²) in [5.41, 5.74) is 3.68. The van der Waals surface area contributed by atoms with Crippen molar-refractivity contribution in [2.75, 3.05) is 0 Å². The predicted octanol–water partition coefficient (Wildman–Crippen LogP) is 6.15. The van der Waals surface area contributed by atoms with Gasteiger partial charge >= 0.3 is 0 Å². The van der Waals surface area contributed by atoms with E-state index < -0.39 is 0 Å². The molecule has 2 aromatic carbocycles. The van der Waals surface area contributed by atoms with Gasteiger partial charge in [-0.25, -0.2) is 9.97 Å². The van der Waals surface area contributed by atoms with Crippen LogP contribution in [-0.2, 0) is 0 Å². The van der Waals surface area contributed by atoms with Gasteiger partial charge in [0, 0.05) is 22.2 Å². The van der Waals surface area contributed by atoms with Crippen LogP contribution in [0.15, 0.2) is 84.4 Å². The molecule has 5 heteroatoms. The third-order valence-corrected chi connectivity index (χ3v) is 5.15. The molecule has 0 radical (unpaired) electrons. The Morgan fingerprint density at radius 1 is 0.815 bits per heavy atom. The van der Waals surface area contributed by atoms with Gasteiger partial charge in [-0.2, -0.15) is 0 Å². The number of ether oxygens (including phenoxy) is 1. The monoisotopic (exact) mass is 369 g/mol. The molecular formula is C22H15N3OS. The number of H-pyrrole nitrogens is 1. The van der Waals surface area contributed by atoms with E-state index in [0.29, 0.717) is 5.65 Å². The molecule has 0 fully saturated rings. The number of hydrogen-bond donors (Lipinski definition) is 1. The number of aromatic amines is 1. The van der Waals surface area contributed by atoms with Crippen LogP contribution in [0.1, 0.15) is 0 Å². The van der Waals surface area contributed by atoms with E-state index in [1.165, 1.54) is 4.88 Å². The second-order valence-corrected chi connectivity index (χ2v) is 7.05. The number of aromatic nitrogens is 3. The largest absolute Gasteiger partial charge is 0.457 e. The van der Waals surface area contributed by atoms with Crippen LogP contribution in [0.4, 0.5) is 0 Å². The molecule has 0 bridgehead atoms. The summed E-state index contributed by atoms with van der Waals surface area (Å²) in [6.07, 6.45) is 1.87. The van der Waals surface area contributed by atoms with Crippen molar-refractivity contribution < 1.29 is 4.74 Å². The molecule has 0 spiro atoms. The highest BCUT2D eigenvalue weighted by Gasteiger charge is 2.09. The lowest BCUT2D eigenvalue weighted by Gasteiger charge is -2.06. The van der Waals surface area contributed by atoms with E-state index in [1.54, 1.807) is 11.3 Å². The van der Waals surface area contributed by atoms with Gasteiger partial charge in [0.15, 0.2) is 5.65 Å². The SMILES string of the molecule is c1ccc(Oc2cccc(-c3nc4ncc(-c5cccs5)cc4[nH]3)c2)cc1. The fourth-order valence-corrected chi connectivity index (χ4v) is 3.65. The molecule has 5 aromatic rings. The van der Waals surface area contributed by atoms with Gasteiger partial charge in [-0.1, -0.05) is 36.4 Å². The molecule has 0 aliphatic heterocycles. The standard InChI is InChI=1S/C22H15N3OS/c1-2-7-17(8-3-1)26-18-9-4-6-15(12-18)21-24-19-13-16(14-23-22(19)25-21)20-10-5-11-27-20/h1-14H,(H,23,24,25). The van der Waals surface area contributed by atoms with Crippen LogP contribution in [0.25, 0.3) is 33.0 Å². The average molecular weight is 369 g/mol. The maximum atomic E-state index is 5.93. The minimum atomic E-state index is 0.708. The summed E-state index contributed by atoms with van der Waals surface area (Å²) in [5.74, 6) is 2.35. The summed E-state index contributed by atoms with van der Waals surface area (Å²) in [4.78, 5) is 13.7. The van der Waals surface area contributed by atoms with Gasteiger partial charge in [0.1, 0.15) is 17.3 Å².